The number of rotatable bonds is 2. The Labute approximate surface area is 136 Å². The molecule has 23 heavy (non-hydrogen) atoms. The summed E-state index contributed by atoms with van der Waals surface area (Å²) in [5.74, 6) is 1.56. The molecule has 2 atom stereocenters. The molecule has 4 nitrogen and oxygen atoms in total. The Morgan fingerprint density at radius 1 is 1.13 bits per heavy atom. The van der Waals surface area contributed by atoms with Crippen molar-refractivity contribution < 1.29 is 0 Å². The molecule has 1 aromatic rings. The third-order valence-electron chi connectivity index (χ3n) is 5.04. The summed E-state index contributed by atoms with van der Waals surface area (Å²) in [6, 6.07) is 11.4. The molecule has 1 N–H and O–H groups in total. The third kappa shape index (κ3) is 2.75. The lowest BCUT2D eigenvalue weighted by atomic mass is 9.86. The van der Waals surface area contributed by atoms with Crippen LogP contribution in [0.3, 0.4) is 0 Å². The van der Waals surface area contributed by atoms with Gasteiger partial charge in [0.1, 0.15) is 11.5 Å². The summed E-state index contributed by atoms with van der Waals surface area (Å²) < 4.78 is 0. The summed E-state index contributed by atoms with van der Waals surface area (Å²) in [6.45, 7) is 3.23. The van der Waals surface area contributed by atoms with Gasteiger partial charge in [0.25, 0.3) is 0 Å². The summed E-state index contributed by atoms with van der Waals surface area (Å²) in [7, 11) is 2.22. The quantitative estimate of drug-likeness (QED) is 0.784. The Morgan fingerprint density at radius 2 is 1.96 bits per heavy atom. The van der Waals surface area contributed by atoms with Crippen LogP contribution < -0.4 is 0 Å². The molecule has 0 radical (unpaired) electrons. The van der Waals surface area contributed by atoms with Gasteiger partial charge in [-0.05, 0) is 45.0 Å². The lowest BCUT2D eigenvalue weighted by molar-refractivity contribution is 0.167. The first-order chi connectivity index (χ1) is 11.2. The molecule has 2 unspecified atom stereocenters. The van der Waals surface area contributed by atoms with E-state index in [0.717, 1.165) is 36.6 Å². The number of benzene rings is 1. The maximum absolute atomic E-state index is 4.63. The SMILES string of the molecule is Cc1ccc(C2CC(c3ncc4nccc-4[nH]3)CCN2C)cc1. The van der Waals surface area contributed by atoms with Crippen LogP contribution in [0.1, 0.15) is 41.8 Å². The molecule has 118 valence electrons. The van der Waals surface area contributed by atoms with Gasteiger partial charge >= 0.3 is 0 Å². The highest BCUT2D eigenvalue weighted by atomic mass is 15.1. The molecule has 3 aliphatic heterocycles. The van der Waals surface area contributed by atoms with Crippen molar-refractivity contribution in [3.8, 4) is 11.4 Å². The lowest BCUT2D eigenvalue weighted by Gasteiger charge is -2.37. The molecule has 1 saturated heterocycles. The second kappa shape index (κ2) is 5.78. The van der Waals surface area contributed by atoms with Crippen molar-refractivity contribution >= 4 is 0 Å². The van der Waals surface area contributed by atoms with Crippen LogP contribution in [0.25, 0.3) is 11.4 Å². The molecule has 4 heteroatoms. The average molecular weight is 306 g/mol. The Hall–Kier alpha value is -2.20. The minimum absolute atomic E-state index is 0.457. The monoisotopic (exact) mass is 306 g/mol. The normalized spacial score (nSPS) is 22.5. The van der Waals surface area contributed by atoms with E-state index < -0.39 is 0 Å². The first-order valence-corrected chi connectivity index (χ1v) is 8.27. The smallest absolute Gasteiger partial charge is 0.109 e. The Morgan fingerprint density at radius 3 is 2.78 bits per heavy atom. The van der Waals surface area contributed by atoms with Crippen molar-refractivity contribution in [2.24, 2.45) is 0 Å². The van der Waals surface area contributed by atoms with Crippen molar-refractivity contribution in [1.29, 1.82) is 0 Å². The van der Waals surface area contributed by atoms with Gasteiger partial charge in [0.2, 0.25) is 0 Å². The number of hydrogen-bond acceptors (Lipinski definition) is 3. The number of piperidine rings is 1. The summed E-state index contributed by atoms with van der Waals surface area (Å²) in [5.41, 5.74) is 4.74. The van der Waals surface area contributed by atoms with Crippen molar-refractivity contribution in [1.82, 2.24) is 19.9 Å². The fourth-order valence-electron chi connectivity index (χ4n) is 3.57. The maximum atomic E-state index is 4.63. The van der Waals surface area contributed by atoms with Crippen LogP contribution in [0.2, 0.25) is 0 Å². The molecule has 1 fully saturated rings. The Bertz CT molecular complexity index is 761. The van der Waals surface area contributed by atoms with Gasteiger partial charge < -0.3 is 4.98 Å². The van der Waals surface area contributed by atoms with Gasteiger partial charge in [0.15, 0.2) is 0 Å². The van der Waals surface area contributed by atoms with E-state index in [4.69, 9.17) is 0 Å². The average Bonchev–Trinajstić information content (AvgIpc) is 3.04. The largest absolute Gasteiger partial charge is 0.342 e. The van der Waals surface area contributed by atoms with Gasteiger partial charge in [-0.2, -0.15) is 0 Å². The molecule has 0 spiro atoms. The Balaban J connectivity index is 1.61. The van der Waals surface area contributed by atoms with Crippen LogP contribution in [0.4, 0.5) is 0 Å². The zero-order valence-corrected chi connectivity index (χ0v) is 13.7. The van der Waals surface area contributed by atoms with E-state index in [1.807, 2.05) is 18.5 Å². The topological polar surface area (TPSA) is 44.8 Å². The third-order valence-corrected chi connectivity index (χ3v) is 5.04. The fourth-order valence-corrected chi connectivity index (χ4v) is 3.57. The zero-order valence-electron chi connectivity index (χ0n) is 13.7. The number of hydrogen-bond donors (Lipinski definition) is 1. The molecule has 1 aromatic carbocycles. The highest BCUT2D eigenvalue weighted by Crippen LogP contribution is 2.37. The van der Waals surface area contributed by atoms with Crippen molar-refractivity contribution in [2.45, 2.75) is 31.7 Å². The molecule has 0 amide bonds. The molecule has 3 aliphatic rings. The van der Waals surface area contributed by atoms with Crippen LogP contribution >= 0.6 is 0 Å². The number of nitrogens with zero attached hydrogens (tertiary/aromatic N) is 3. The molecule has 0 bridgehead atoms. The van der Waals surface area contributed by atoms with E-state index >= 15 is 0 Å². The minimum Gasteiger partial charge on any atom is -0.342 e. The highest BCUT2D eigenvalue weighted by Gasteiger charge is 2.29. The van der Waals surface area contributed by atoms with Crippen LogP contribution in [-0.2, 0) is 0 Å². The van der Waals surface area contributed by atoms with Gasteiger partial charge in [-0.3, -0.25) is 9.88 Å². The first kappa shape index (κ1) is 14.4. The first-order valence-electron chi connectivity index (χ1n) is 8.27. The fraction of sp³-hybridized carbons (Fsp3) is 0.368. The molecular formula is C19H22N4. The lowest BCUT2D eigenvalue weighted by Crippen LogP contribution is -2.33. The second-order valence-corrected chi connectivity index (χ2v) is 6.64. The van der Waals surface area contributed by atoms with E-state index in [1.165, 1.54) is 11.1 Å². The van der Waals surface area contributed by atoms with E-state index in [0.29, 0.717) is 12.0 Å². The van der Waals surface area contributed by atoms with Crippen LogP contribution in [0.15, 0.2) is 42.7 Å². The number of aromatic amines is 1. The van der Waals surface area contributed by atoms with Crippen molar-refractivity contribution in [3.63, 3.8) is 0 Å². The second-order valence-electron chi connectivity index (χ2n) is 6.64. The minimum atomic E-state index is 0.457. The van der Waals surface area contributed by atoms with Gasteiger partial charge in [-0.15, -0.1) is 0 Å². The molecular weight excluding hydrogens is 284 g/mol. The molecule has 4 rings (SSSR count). The van der Waals surface area contributed by atoms with Crippen LogP contribution in [0, 0.1) is 6.92 Å². The number of fused-ring (bicyclic) bond motifs is 1. The summed E-state index contributed by atoms with van der Waals surface area (Å²) >= 11 is 0. The van der Waals surface area contributed by atoms with E-state index in [9.17, 15) is 0 Å². The summed E-state index contributed by atoms with van der Waals surface area (Å²) in [6.07, 6.45) is 5.96. The molecule has 0 saturated carbocycles. The van der Waals surface area contributed by atoms with Gasteiger partial charge in [0.05, 0.1) is 11.9 Å². The van der Waals surface area contributed by atoms with Gasteiger partial charge in [-0.1, -0.05) is 29.8 Å². The molecule has 3 heterocycles. The summed E-state index contributed by atoms with van der Waals surface area (Å²) in [5, 5.41) is 0. The van der Waals surface area contributed by atoms with Crippen LogP contribution in [-0.4, -0.2) is 33.4 Å². The molecule has 0 aromatic heterocycles. The van der Waals surface area contributed by atoms with Gasteiger partial charge in [-0.25, -0.2) is 4.98 Å². The summed E-state index contributed by atoms with van der Waals surface area (Å²) in [4.78, 5) is 14.9. The van der Waals surface area contributed by atoms with E-state index in [-0.39, 0.29) is 0 Å². The maximum Gasteiger partial charge on any atom is 0.109 e. The predicted molar refractivity (Wildman–Crippen MR) is 91.5 cm³/mol. The van der Waals surface area contributed by atoms with Crippen molar-refractivity contribution in [2.75, 3.05) is 13.6 Å². The number of aryl methyl sites for hydroxylation is 1. The number of aromatic nitrogens is 3. The zero-order chi connectivity index (χ0) is 15.8. The number of nitrogens with one attached hydrogen (secondary N) is 1. The number of likely N-dealkylation sites (tertiary alicyclic amines) is 1. The van der Waals surface area contributed by atoms with Gasteiger partial charge in [0, 0.05) is 18.2 Å². The molecule has 0 aliphatic carbocycles. The standard InChI is InChI=1S/C19H22N4/c1-13-3-5-14(6-4-13)18-11-15(8-10-23(18)2)19-21-12-17-16(22-19)7-9-20-17/h3-7,9,12,15,18H,8,10-11H2,1-2H3,(H,21,22). The van der Waals surface area contributed by atoms with Crippen LogP contribution in [0.5, 0.6) is 0 Å². The number of H-pyrrole nitrogens is 1. The highest BCUT2D eigenvalue weighted by molar-refractivity contribution is 5.54. The van der Waals surface area contributed by atoms with Crippen molar-refractivity contribution in [3.05, 3.63) is 59.7 Å². The predicted octanol–water partition coefficient (Wildman–Crippen LogP) is 3.77. The Kier molecular flexibility index (Phi) is 3.62. The van der Waals surface area contributed by atoms with E-state index in [2.05, 4.69) is 58.1 Å². The van der Waals surface area contributed by atoms with E-state index in [1.54, 1.807) is 0 Å².